The first-order valence-corrected chi connectivity index (χ1v) is 7.59. The Kier molecular flexibility index (Phi) is 8.83. The summed E-state index contributed by atoms with van der Waals surface area (Å²) in [5, 5.41) is 54.4. The van der Waals surface area contributed by atoms with E-state index in [0.717, 1.165) is 0 Å². The van der Waals surface area contributed by atoms with E-state index in [1.165, 1.54) is 7.11 Å². The molecule has 0 aromatic rings. The van der Waals surface area contributed by atoms with Crippen molar-refractivity contribution in [2.45, 2.75) is 56.3 Å². The third-order valence-electron chi connectivity index (χ3n) is 4.13. The minimum Gasteiger partial charge on any atom is -0.394 e. The van der Waals surface area contributed by atoms with Crippen LogP contribution in [0.25, 0.3) is 0 Å². The van der Waals surface area contributed by atoms with E-state index in [1.807, 2.05) is 0 Å². The van der Waals surface area contributed by atoms with Gasteiger partial charge in [-0.1, -0.05) is 6.92 Å². The Labute approximate surface area is 135 Å². The van der Waals surface area contributed by atoms with Crippen LogP contribution < -0.4 is 0 Å². The zero-order valence-electron chi connectivity index (χ0n) is 13.4. The average Bonchev–Trinajstić information content (AvgIpc) is 2.56. The Morgan fingerprint density at radius 2 is 1.65 bits per heavy atom. The standard InChI is InChI=1S/C8H16O5.C6H12O4/c1-4-5(3-9)13-8(12-2)7(11)6(4)10;7-2-4-1-5(8)6(9)3-10-4/h4-11H,3H2,1-2H3;4-9H,1-3H2. The SMILES string of the molecule is COC1OC(CO)C(C)C(O)C1O.OCC1CC(O)C(O)CO1. The van der Waals surface area contributed by atoms with Crippen molar-refractivity contribution in [3.8, 4) is 0 Å². The molecule has 138 valence electrons. The first kappa shape index (κ1) is 20.7. The number of hydrogen-bond acceptors (Lipinski definition) is 9. The van der Waals surface area contributed by atoms with Gasteiger partial charge in [-0.05, 0) is 0 Å². The zero-order chi connectivity index (χ0) is 17.6. The van der Waals surface area contributed by atoms with E-state index < -0.39 is 36.8 Å². The Morgan fingerprint density at radius 3 is 2.13 bits per heavy atom. The monoisotopic (exact) mass is 340 g/mol. The van der Waals surface area contributed by atoms with Gasteiger partial charge in [0.15, 0.2) is 6.29 Å². The third-order valence-corrected chi connectivity index (χ3v) is 4.13. The Hall–Kier alpha value is -0.360. The van der Waals surface area contributed by atoms with Crippen molar-refractivity contribution < 1.29 is 44.8 Å². The van der Waals surface area contributed by atoms with Crippen LogP contribution in [0.15, 0.2) is 0 Å². The predicted octanol–water partition coefficient (Wildman–Crippen LogP) is -2.80. The van der Waals surface area contributed by atoms with Crippen LogP contribution in [-0.2, 0) is 14.2 Å². The average molecular weight is 340 g/mol. The Balaban J connectivity index is 0.000000238. The molecule has 8 atom stereocenters. The van der Waals surface area contributed by atoms with Crippen molar-refractivity contribution in [1.29, 1.82) is 0 Å². The number of methoxy groups -OCH3 is 1. The molecule has 9 heteroatoms. The molecule has 0 aliphatic carbocycles. The molecule has 2 aliphatic rings. The Morgan fingerprint density at radius 1 is 1.00 bits per heavy atom. The van der Waals surface area contributed by atoms with Crippen LogP contribution in [-0.4, -0.2) is 100 Å². The molecule has 6 N–H and O–H groups in total. The van der Waals surface area contributed by atoms with Crippen LogP contribution in [0.1, 0.15) is 13.3 Å². The van der Waals surface area contributed by atoms with Gasteiger partial charge >= 0.3 is 0 Å². The van der Waals surface area contributed by atoms with Crippen molar-refractivity contribution in [3.05, 3.63) is 0 Å². The molecule has 0 aromatic heterocycles. The molecule has 8 unspecified atom stereocenters. The van der Waals surface area contributed by atoms with Gasteiger partial charge < -0.3 is 44.8 Å². The molecule has 0 aromatic carbocycles. The second-order valence-corrected chi connectivity index (χ2v) is 5.81. The number of aliphatic hydroxyl groups is 6. The fraction of sp³-hybridized carbons (Fsp3) is 1.00. The van der Waals surface area contributed by atoms with Gasteiger partial charge in [-0.15, -0.1) is 0 Å². The molecule has 0 saturated carbocycles. The predicted molar refractivity (Wildman–Crippen MR) is 77.4 cm³/mol. The van der Waals surface area contributed by atoms with Gasteiger partial charge in [-0.25, -0.2) is 0 Å². The summed E-state index contributed by atoms with van der Waals surface area (Å²) in [5.41, 5.74) is 0. The van der Waals surface area contributed by atoms with Crippen LogP contribution >= 0.6 is 0 Å². The quantitative estimate of drug-likeness (QED) is 0.320. The smallest absolute Gasteiger partial charge is 0.186 e. The first-order valence-electron chi connectivity index (χ1n) is 7.59. The maximum absolute atomic E-state index is 9.53. The van der Waals surface area contributed by atoms with Gasteiger partial charge in [0.1, 0.15) is 12.2 Å². The van der Waals surface area contributed by atoms with Crippen molar-refractivity contribution in [2.24, 2.45) is 5.92 Å². The number of hydrogen-bond donors (Lipinski definition) is 6. The molecule has 0 radical (unpaired) electrons. The van der Waals surface area contributed by atoms with Crippen LogP contribution in [0.3, 0.4) is 0 Å². The molecule has 0 bridgehead atoms. The van der Waals surface area contributed by atoms with Gasteiger partial charge in [-0.2, -0.15) is 0 Å². The van der Waals surface area contributed by atoms with E-state index >= 15 is 0 Å². The second-order valence-electron chi connectivity index (χ2n) is 5.81. The highest BCUT2D eigenvalue weighted by molar-refractivity contribution is 4.86. The summed E-state index contributed by atoms with van der Waals surface area (Å²) in [6.45, 7) is 1.54. The van der Waals surface area contributed by atoms with Gasteiger partial charge in [0, 0.05) is 19.4 Å². The number of rotatable bonds is 3. The van der Waals surface area contributed by atoms with Crippen molar-refractivity contribution >= 4 is 0 Å². The van der Waals surface area contributed by atoms with Gasteiger partial charge in [0.2, 0.25) is 0 Å². The van der Waals surface area contributed by atoms with Crippen LogP contribution in [0.5, 0.6) is 0 Å². The van der Waals surface area contributed by atoms with Crippen molar-refractivity contribution in [3.63, 3.8) is 0 Å². The van der Waals surface area contributed by atoms with E-state index in [1.54, 1.807) is 6.92 Å². The molecule has 2 heterocycles. The lowest BCUT2D eigenvalue weighted by Crippen LogP contribution is -2.55. The number of ether oxygens (including phenoxy) is 3. The summed E-state index contributed by atoms with van der Waals surface area (Å²) < 4.78 is 15.0. The molecule has 2 saturated heterocycles. The lowest BCUT2D eigenvalue weighted by atomic mass is 9.91. The largest absolute Gasteiger partial charge is 0.394 e. The highest BCUT2D eigenvalue weighted by Crippen LogP contribution is 2.25. The maximum Gasteiger partial charge on any atom is 0.186 e. The van der Waals surface area contributed by atoms with Crippen molar-refractivity contribution in [1.82, 2.24) is 0 Å². The highest BCUT2D eigenvalue weighted by Gasteiger charge is 2.41. The third kappa shape index (κ3) is 5.59. The second kappa shape index (κ2) is 9.82. The highest BCUT2D eigenvalue weighted by atomic mass is 16.7. The van der Waals surface area contributed by atoms with Crippen LogP contribution in [0.4, 0.5) is 0 Å². The molecule has 0 amide bonds. The number of aliphatic hydroxyl groups excluding tert-OH is 6. The molecule has 9 nitrogen and oxygen atoms in total. The molecule has 2 rings (SSSR count). The lowest BCUT2D eigenvalue weighted by Gasteiger charge is -2.40. The topological polar surface area (TPSA) is 149 Å². The van der Waals surface area contributed by atoms with E-state index in [4.69, 9.17) is 34.6 Å². The van der Waals surface area contributed by atoms with E-state index in [-0.39, 0.29) is 31.8 Å². The molecule has 2 fully saturated rings. The minimum atomic E-state index is -1.05. The minimum absolute atomic E-state index is 0.0935. The maximum atomic E-state index is 9.53. The van der Waals surface area contributed by atoms with Gasteiger partial charge in [-0.3, -0.25) is 0 Å². The zero-order valence-corrected chi connectivity index (χ0v) is 13.4. The van der Waals surface area contributed by atoms with Crippen LogP contribution in [0, 0.1) is 5.92 Å². The summed E-state index contributed by atoms with van der Waals surface area (Å²) in [5.74, 6) is -0.300. The van der Waals surface area contributed by atoms with Gasteiger partial charge in [0.05, 0.1) is 44.2 Å². The van der Waals surface area contributed by atoms with E-state index in [0.29, 0.717) is 6.42 Å². The summed E-state index contributed by atoms with van der Waals surface area (Å²) in [7, 11) is 1.38. The molecule has 23 heavy (non-hydrogen) atoms. The normalized spacial score (nSPS) is 44.3. The fourth-order valence-corrected chi connectivity index (χ4v) is 2.44. The molecular formula is C14H28O9. The Bertz CT molecular complexity index is 309. The van der Waals surface area contributed by atoms with Crippen molar-refractivity contribution in [2.75, 3.05) is 26.9 Å². The first-order chi connectivity index (χ1) is 10.8. The summed E-state index contributed by atoms with van der Waals surface area (Å²) in [4.78, 5) is 0. The summed E-state index contributed by atoms with van der Waals surface area (Å²) in [6, 6.07) is 0. The van der Waals surface area contributed by atoms with Crippen LogP contribution in [0.2, 0.25) is 0 Å². The van der Waals surface area contributed by atoms with E-state index in [9.17, 15) is 10.2 Å². The lowest BCUT2D eigenvalue weighted by molar-refractivity contribution is -0.280. The van der Waals surface area contributed by atoms with E-state index in [2.05, 4.69) is 0 Å². The summed E-state index contributed by atoms with van der Waals surface area (Å²) >= 11 is 0. The summed E-state index contributed by atoms with van der Waals surface area (Å²) in [6.07, 6.45) is -4.84. The molecular weight excluding hydrogens is 312 g/mol. The molecule has 2 aliphatic heterocycles. The fourth-order valence-electron chi connectivity index (χ4n) is 2.44. The van der Waals surface area contributed by atoms with Gasteiger partial charge in [0.25, 0.3) is 0 Å². The molecule has 0 spiro atoms.